The molecule has 2 aromatic carbocycles. The van der Waals surface area contributed by atoms with Crippen LogP contribution in [-0.4, -0.2) is 26.1 Å². The van der Waals surface area contributed by atoms with E-state index in [1.165, 1.54) is 37.5 Å². The average Bonchev–Trinajstić information content (AvgIpc) is 2.94. The molecule has 7 nitrogen and oxygen atoms in total. The molecule has 0 aliphatic heterocycles. The summed E-state index contributed by atoms with van der Waals surface area (Å²) in [5.74, 6) is -0.0764. The van der Waals surface area contributed by atoms with E-state index in [4.69, 9.17) is 9.84 Å². The van der Waals surface area contributed by atoms with Crippen molar-refractivity contribution in [2.24, 2.45) is 0 Å². The molecule has 3 N–H and O–H groups in total. The molecule has 0 bridgehead atoms. The minimum atomic E-state index is -0.586. The maximum absolute atomic E-state index is 15.0. The smallest absolute Gasteiger partial charge is 0.223 e. The van der Waals surface area contributed by atoms with Crippen molar-refractivity contribution in [3.8, 4) is 22.8 Å². The molecule has 4 aromatic rings. The van der Waals surface area contributed by atoms with Crippen molar-refractivity contribution < 1.29 is 18.6 Å². The molecule has 0 spiro atoms. The number of pyridine rings is 1. The highest BCUT2D eigenvalue weighted by atomic mass is 32.2. The fraction of sp³-hybridized carbons (Fsp3) is 0.250. The van der Waals surface area contributed by atoms with Crippen LogP contribution in [0.1, 0.15) is 37.7 Å². The van der Waals surface area contributed by atoms with Gasteiger partial charge in [-0.25, -0.2) is 18.7 Å². The first-order valence-electron chi connectivity index (χ1n) is 12.4. The number of halogens is 2. The molecule has 0 radical (unpaired) electrons. The summed E-state index contributed by atoms with van der Waals surface area (Å²) in [7, 11) is 0. The first-order chi connectivity index (χ1) is 18.6. The van der Waals surface area contributed by atoms with Gasteiger partial charge in [-0.1, -0.05) is 25.3 Å². The molecule has 0 unspecified atom stereocenters. The molecule has 0 atom stereocenters. The fourth-order valence-corrected chi connectivity index (χ4v) is 4.92. The highest BCUT2D eigenvalue weighted by molar-refractivity contribution is 8.00. The summed E-state index contributed by atoms with van der Waals surface area (Å²) in [4.78, 5) is 13.5. The predicted octanol–water partition coefficient (Wildman–Crippen LogP) is 6.97. The Hall–Kier alpha value is -3.76. The molecule has 0 amide bonds. The summed E-state index contributed by atoms with van der Waals surface area (Å²) in [5, 5.41) is 12.5. The van der Waals surface area contributed by atoms with Gasteiger partial charge in [0.15, 0.2) is 11.6 Å². The van der Waals surface area contributed by atoms with Crippen LogP contribution in [0.25, 0.3) is 11.3 Å². The van der Waals surface area contributed by atoms with Gasteiger partial charge in [0.1, 0.15) is 11.6 Å². The summed E-state index contributed by atoms with van der Waals surface area (Å²) >= 11 is 1.01. The second-order valence-electron chi connectivity index (χ2n) is 8.99. The van der Waals surface area contributed by atoms with Crippen molar-refractivity contribution in [2.45, 2.75) is 49.6 Å². The number of aliphatic hydroxyl groups is 1. The second kappa shape index (κ2) is 12.2. The van der Waals surface area contributed by atoms with E-state index in [9.17, 15) is 8.78 Å². The summed E-state index contributed by atoms with van der Waals surface area (Å²) < 4.78 is 38.0. The lowest BCUT2D eigenvalue weighted by atomic mass is 9.96. The number of aromatic nitrogens is 3. The van der Waals surface area contributed by atoms with Gasteiger partial charge >= 0.3 is 0 Å². The lowest BCUT2D eigenvalue weighted by Gasteiger charge is -2.22. The van der Waals surface area contributed by atoms with Crippen LogP contribution in [0.15, 0.2) is 72.0 Å². The van der Waals surface area contributed by atoms with Crippen molar-refractivity contribution in [1.29, 1.82) is 0 Å². The maximum atomic E-state index is 15.0. The number of nitrogens with zero attached hydrogens (tertiary/aromatic N) is 3. The van der Waals surface area contributed by atoms with Gasteiger partial charge in [0, 0.05) is 36.4 Å². The van der Waals surface area contributed by atoms with Crippen LogP contribution in [0.4, 0.5) is 20.4 Å². The van der Waals surface area contributed by atoms with Crippen molar-refractivity contribution in [2.75, 3.05) is 10.0 Å². The largest absolute Gasteiger partial charge is 0.453 e. The van der Waals surface area contributed by atoms with Crippen LogP contribution >= 0.6 is 11.9 Å². The molecule has 10 heteroatoms. The molecule has 196 valence electrons. The molecule has 1 saturated carbocycles. The van der Waals surface area contributed by atoms with Crippen LogP contribution in [0.5, 0.6) is 11.5 Å². The summed E-state index contributed by atoms with van der Waals surface area (Å²) in [5.41, 5.74) is 2.15. The van der Waals surface area contributed by atoms with Gasteiger partial charge in [-0.05, 0) is 66.8 Å². The summed E-state index contributed by atoms with van der Waals surface area (Å²) in [6.45, 7) is -0.239. The number of ether oxygens (including phenoxy) is 1. The van der Waals surface area contributed by atoms with Gasteiger partial charge in [0.05, 0.1) is 22.8 Å². The number of aliphatic hydroxyl groups excluding tert-OH is 1. The monoisotopic (exact) mass is 535 g/mol. The van der Waals surface area contributed by atoms with Gasteiger partial charge in [0.2, 0.25) is 5.95 Å². The second-order valence-corrected chi connectivity index (χ2v) is 9.84. The standard InChI is InChI=1S/C28H27F2N5O2S/c29-22-15-20(35-38-27-9-6-18(17-36)14-23(27)30)7-8-26(22)37-25-11-12-31-16-21(25)24-10-13-32-28(34-24)33-19-4-2-1-3-5-19/h6-16,19,35-36H,1-5,17H2,(H,32,33,34). The molecule has 2 heterocycles. The van der Waals surface area contributed by atoms with Gasteiger partial charge in [-0.15, -0.1) is 0 Å². The zero-order valence-corrected chi connectivity index (χ0v) is 21.3. The number of benzene rings is 2. The predicted molar refractivity (Wildman–Crippen MR) is 144 cm³/mol. The number of rotatable bonds is 9. The zero-order valence-electron chi connectivity index (χ0n) is 20.5. The van der Waals surface area contributed by atoms with Crippen LogP contribution in [0.2, 0.25) is 0 Å². The molecule has 2 aromatic heterocycles. The van der Waals surface area contributed by atoms with Crippen LogP contribution < -0.4 is 14.8 Å². The van der Waals surface area contributed by atoms with Crippen molar-refractivity contribution >= 4 is 23.6 Å². The summed E-state index contributed by atoms with van der Waals surface area (Å²) in [6, 6.07) is 12.7. The van der Waals surface area contributed by atoms with Crippen LogP contribution in [0, 0.1) is 11.6 Å². The number of nitrogens with one attached hydrogen (secondary N) is 2. The van der Waals surface area contributed by atoms with E-state index in [-0.39, 0.29) is 12.4 Å². The number of hydrogen-bond acceptors (Lipinski definition) is 8. The first kappa shape index (κ1) is 25.9. The van der Waals surface area contributed by atoms with Gasteiger partial charge < -0.3 is 19.9 Å². The third-order valence-corrected chi connectivity index (χ3v) is 7.15. The lowest BCUT2D eigenvalue weighted by Crippen LogP contribution is -2.23. The number of anilines is 2. The van der Waals surface area contributed by atoms with E-state index in [0.29, 0.717) is 45.1 Å². The Balaban J connectivity index is 1.29. The Kier molecular flexibility index (Phi) is 8.30. The molecule has 5 rings (SSSR count). The summed E-state index contributed by atoms with van der Waals surface area (Å²) in [6.07, 6.45) is 10.7. The van der Waals surface area contributed by atoms with E-state index in [0.717, 1.165) is 24.8 Å². The lowest BCUT2D eigenvalue weighted by molar-refractivity contribution is 0.281. The first-order valence-corrected chi connectivity index (χ1v) is 13.2. The Morgan fingerprint density at radius 3 is 2.61 bits per heavy atom. The molecular formula is C28H27F2N5O2S. The fourth-order valence-electron chi connectivity index (χ4n) is 4.28. The zero-order chi connectivity index (χ0) is 26.3. The molecule has 1 aliphatic rings. The SMILES string of the molecule is OCc1ccc(SNc2ccc(Oc3ccncc3-c3ccnc(NC4CCCCC4)n3)c(F)c2)c(F)c1. The Bertz CT molecular complexity index is 1400. The van der Waals surface area contributed by atoms with Gasteiger partial charge in [-0.2, -0.15) is 0 Å². The number of hydrogen-bond donors (Lipinski definition) is 3. The minimum Gasteiger partial charge on any atom is -0.453 e. The quantitative estimate of drug-likeness (QED) is 0.198. The van der Waals surface area contributed by atoms with E-state index in [1.807, 2.05) is 0 Å². The topological polar surface area (TPSA) is 92.2 Å². The normalized spacial score (nSPS) is 13.8. The highest BCUT2D eigenvalue weighted by Gasteiger charge is 2.16. The van der Waals surface area contributed by atoms with E-state index >= 15 is 0 Å². The third-order valence-electron chi connectivity index (χ3n) is 6.26. The van der Waals surface area contributed by atoms with Crippen molar-refractivity contribution in [1.82, 2.24) is 15.0 Å². The maximum Gasteiger partial charge on any atom is 0.223 e. The minimum absolute atomic E-state index is 0.0288. The Labute approximate surface area is 223 Å². The van der Waals surface area contributed by atoms with Gasteiger partial charge in [0.25, 0.3) is 0 Å². The van der Waals surface area contributed by atoms with E-state index in [1.54, 1.807) is 48.9 Å². The average molecular weight is 536 g/mol. The Morgan fingerprint density at radius 2 is 1.82 bits per heavy atom. The van der Waals surface area contributed by atoms with E-state index in [2.05, 4.69) is 25.0 Å². The van der Waals surface area contributed by atoms with Gasteiger partial charge in [-0.3, -0.25) is 4.98 Å². The molecule has 1 aliphatic carbocycles. The highest BCUT2D eigenvalue weighted by Crippen LogP contribution is 2.34. The molecule has 1 fully saturated rings. The molecule has 38 heavy (non-hydrogen) atoms. The Morgan fingerprint density at radius 1 is 0.947 bits per heavy atom. The molecule has 0 saturated heterocycles. The third kappa shape index (κ3) is 6.38. The molecular weight excluding hydrogens is 508 g/mol. The van der Waals surface area contributed by atoms with Crippen molar-refractivity contribution in [3.63, 3.8) is 0 Å². The van der Waals surface area contributed by atoms with Crippen LogP contribution in [0.3, 0.4) is 0 Å². The van der Waals surface area contributed by atoms with Crippen LogP contribution in [-0.2, 0) is 6.61 Å². The van der Waals surface area contributed by atoms with Crippen molar-refractivity contribution in [3.05, 3.63) is 84.3 Å². The van der Waals surface area contributed by atoms with E-state index < -0.39 is 11.6 Å².